The Hall–Kier alpha value is -2.62. The Kier molecular flexibility index (Phi) is 2.42. The molecule has 0 bridgehead atoms. The van der Waals surface area contributed by atoms with Crippen LogP contribution in [0.15, 0.2) is 36.8 Å². The quantitative estimate of drug-likeness (QED) is 0.574. The summed E-state index contributed by atoms with van der Waals surface area (Å²) < 4.78 is 2.09. The van der Waals surface area contributed by atoms with Gasteiger partial charge in [-0.3, -0.25) is 5.10 Å². The average molecular weight is 276 g/mol. The Morgan fingerprint density at radius 2 is 1.95 bits per heavy atom. The van der Waals surface area contributed by atoms with Crippen LogP contribution in [-0.2, 0) is 0 Å². The predicted molar refractivity (Wildman–Crippen MR) is 84.5 cm³/mol. The number of aromatic amines is 1. The molecule has 4 nitrogen and oxygen atoms in total. The summed E-state index contributed by atoms with van der Waals surface area (Å²) in [5, 5.41) is 8.33. The van der Waals surface area contributed by atoms with Crippen molar-refractivity contribution in [2.45, 2.75) is 20.8 Å². The number of aromatic nitrogens is 4. The zero-order valence-corrected chi connectivity index (χ0v) is 12.3. The number of nitrogens with zero attached hydrogens (tertiary/aromatic N) is 3. The van der Waals surface area contributed by atoms with E-state index >= 15 is 0 Å². The maximum atomic E-state index is 4.69. The zero-order chi connectivity index (χ0) is 14.6. The highest BCUT2D eigenvalue weighted by Gasteiger charge is 2.12. The number of benzene rings is 1. The van der Waals surface area contributed by atoms with Crippen molar-refractivity contribution in [1.29, 1.82) is 0 Å². The van der Waals surface area contributed by atoms with Gasteiger partial charge in [-0.15, -0.1) is 0 Å². The number of rotatable bonds is 1. The third-order valence-corrected chi connectivity index (χ3v) is 3.99. The summed E-state index contributed by atoms with van der Waals surface area (Å²) in [5.74, 6) is 0. The molecule has 4 rings (SSSR count). The molecule has 4 heteroatoms. The highest BCUT2D eigenvalue weighted by Crippen LogP contribution is 2.31. The second-order valence-corrected chi connectivity index (χ2v) is 5.61. The van der Waals surface area contributed by atoms with Crippen LogP contribution in [0.4, 0.5) is 0 Å². The second-order valence-electron chi connectivity index (χ2n) is 5.61. The van der Waals surface area contributed by atoms with E-state index in [0.29, 0.717) is 0 Å². The summed E-state index contributed by atoms with van der Waals surface area (Å²) in [6.45, 7) is 6.27. The van der Waals surface area contributed by atoms with Gasteiger partial charge in [0.25, 0.3) is 0 Å². The average Bonchev–Trinajstić information content (AvgIpc) is 3.04. The molecular weight excluding hydrogens is 260 g/mol. The Bertz CT molecular complexity index is 975. The number of H-pyrrole nitrogens is 1. The fourth-order valence-electron chi connectivity index (χ4n) is 3.00. The number of nitrogens with one attached hydrogen (secondary N) is 1. The minimum absolute atomic E-state index is 1.01. The molecule has 0 radical (unpaired) electrons. The van der Waals surface area contributed by atoms with Gasteiger partial charge in [0.15, 0.2) is 0 Å². The summed E-state index contributed by atoms with van der Waals surface area (Å²) in [6, 6.07) is 6.52. The molecule has 0 saturated heterocycles. The molecule has 0 aliphatic rings. The van der Waals surface area contributed by atoms with Crippen LogP contribution in [0.5, 0.6) is 0 Å². The van der Waals surface area contributed by atoms with Gasteiger partial charge in [-0.05, 0) is 55.7 Å². The Morgan fingerprint density at radius 3 is 2.81 bits per heavy atom. The Balaban J connectivity index is 2.09. The first-order valence-electron chi connectivity index (χ1n) is 7.02. The molecule has 0 unspecified atom stereocenters. The third-order valence-electron chi connectivity index (χ3n) is 3.99. The van der Waals surface area contributed by atoms with Crippen LogP contribution in [0.2, 0.25) is 0 Å². The number of hydrogen-bond donors (Lipinski definition) is 1. The van der Waals surface area contributed by atoms with Gasteiger partial charge in [0.05, 0.1) is 17.4 Å². The van der Waals surface area contributed by atoms with E-state index in [2.05, 4.69) is 64.0 Å². The lowest BCUT2D eigenvalue weighted by Crippen LogP contribution is -1.92. The molecule has 3 aromatic heterocycles. The van der Waals surface area contributed by atoms with Gasteiger partial charge in [-0.25, -0.2) is 4.98 Å². The number of hydrogen-bond acceptors (Lipinski definition) is 2. The molecule has 1 aromatic carbocycles. The summed E-state index contributed by atoms with van der Waals surface area (Å²) >= 11 is 0. The standard InChI is InChI=1S/C17H16N4/c1-10-4-5-21-9-12(3)19-17(21)15(10)13-6-11(2)16-14(7-13)8-18-20-16/h4-9H,1-3H3,(H,18,20). The molecule has 104 valence electrons. The van der Waals surface area contributed by atoms with Crippen molar-refractivity contribution in [1.82, 2.24) is 19.6 Å². The lowest BCUT2D eigenvalue weighted by molar-refractivity contribution is 1.11. The molecule has 1 N–H and O–H groups in total. The largest absolute Gasteiger partial charge is 0.306 e. The number of pyridine rings is 1. The van der Waals surface area contributed by atoms with E-state index in [1.54, 1.807) is 0 Å². The first-order chi connectivity index (χ1) is 10.1. The molecule has 0 atom stereocenters. The molecule has 21 heavy (non-hydrogen) atoms. The van der Waals surface area contributed by atoms with E-state index in [4.69, 9.17) is 0 Å². The molecule has 4 aromatic rings. The van der Waals surface area contributed by atoms with Crippen molar-refractivity contribution in [2.24, 2.45) is 0 Å². The van der Waals surface area contributed by atoms with Crippen LogP contribution in [0.3, 0.4) is 0 Å². The molecular formula is C17H16N4. The Morgan fingerprint density at radius 1 is 1.10 bits per heavy atom. The molecule has 0 spiro atoms. The van der Waals surface area contributed by atoms with Gasteiger partial charge in [-0.1, -0.05) is 0 Å². The fraction of sp³-hybridized carbons (Fsp3) is 0.176. The summed E-state index contributed by atoms with van der Waals surface area (Å²) in [6.07, 6.45) is 6.00. The van der Waals surface area contributed by atoms with Crippen molar-refractivity contribution in [2.75, 3.05) is 0 Å². The van der Waals surface area contributed by atoms with Crippen LogP contribution in [0.1, 0.15) is 16.8 Å². The van der Waals surface area contributed by atoms with Gasteiger partial charge in [0.2, 0.25) is 0 Å². The topological polar surface area (TPSA) is 46.0 Å². The van der Waals surface area contributed by atoms with Crippen molar-refractivity contribution in [3.05, 3.63) is 53.6 Å². The smallest absolute Gasteiger partial charge is 0.145 e. The van der Waals surface area contributed by atoms with Gasteiger partial charge >= 0.3 is 0 Å². The number of imidazole rings is 1. The second kappa shape index (κ2) is 4.19. The third kappa shape index (κ3) is 1.76. The maximum absolute atomic E-state index is 4.69. The van der Waals surface area contributed by atoms with Crippen LogP contribution in [0.25, 0.3) is 27.7 Å². The summed E-state index contributed by atoms with van der Waals surface area (Å²) in [4.78, 5) is 4.69. The van der Waals surface area contributed by atoms with Crippen LogP contribution < -0.4 is 0 Å². The fourth-order valence-corrected chi connectivity index (χ4v) is 3.00. The first kappa shape index (κ1) is 12.1. The molecule has 0 amide bonds. The zero-order valence-electron chi connectivity index (χ0n) is 12.3. The highest BCUT2D eigenvalue weighted by atomic mass is 15.1. The van der Waals surface area contributed by atoms with Crippen molar-refractivity contribution >= 4 is 16.6 Å². The van der Waals surface area contributed by atoms with E-state index in [9.17, 15) is 0 Å². The summed E-state index contributed by atoms with van der Waals surface area (Å²) in [7, 11) is 0. The minimum Gasteiger partial charge on any atom is -0.306 e. The van der Waals surface area contributed by atoms with Crippen molar-refractivity contribution in [3.8, 4) is 11.1 Å². The van der Waals surface area contributed by atoms with Gasteiger partial charge in [-0.2, -0.15) is 5.10 Å². The van der Waals surface area contributed by atoms with Gasteiger partial charge < -0.3 is 4.40 Å². The molecule has 0 aliphatic heterocycles. The first-order valence-corrected chi connectivity index (χ1v) is 7.02. The molecule has 0 fully saturated rings. The Labute approximate surface area is 122 Å². The lowest BCUT2D eigenvalue weighted by atomic mass is 9.98. The van der Waals surface area contributed by atoms with Crippen LogP contribution in [0, 0.1) is 20.8 Å². The number of fused-ring (bicyclic) bond motifs is 2. The van der Waals surface area contributed by atoms with Gasteiger partial charge in [0, 0.05) is 23.3 Å². The van der Waals surface area contributed by atoms with E-state index in [1.165, 1.54) is 22.3 Å². The van der Waals surface area contributed by atoms with Crippen LogP contribution >= 0.6 is 0 Å². The maximum Gasteiger partial charge on any atom is 0.145 e. The SMILES string of the molecule is Cc1cn2ccc(C)c(-c3cc(C)c4[nH]ncc4c3)c2n1. The van der Waals surface area contributed by atoms with Crippen LogP contribution in [-0.4, -0.2) is 19.6 Å². The minimum atomic E-state index is 1.01. The van der Waals surface area contributed by atoms with E-state index in [0.717, 1.165) is 22.2 Å². The van der Waals surface area contributed by atoms with E-state index in [1.807, 2.05) is 13.1 Å². The van der Waals surface area contributed by atoms with E-state index in [-0.39, 0.29) is 0 Å². The summed E-state index contributed by atoms with van der Waals surface area (Å²) in [5.41, 5.74) is 7.95. The monoisotopic (exact) mass is 276 g/mol. The van der Waals surface area contributed by atoms with E-state index < -0.39 is 0 Å². The van der Waals surface area contributed by atoms with Crippen molar-refractivity contribution in [3.63, 3.8) is 0 Å². The highest BCUT2D eigenvalue weighted by molar-refractivity contribution is 5.90. The normalized spacial score (nSPS) is 11.6. The molecule has 3 heterocycles. The molecule has 0 aliphatic carbocycles. The lowest BCUT2D eigenvalue weighted by Gasteiger charge is -2.09. The van der Waals surface area contributed by atoms with Crippen molar-refractivity contribution < 1.29 is 0 Å². The van der Waals surface area contributed by atoms with Gasteiger partial charge in [0.1, 0.15) is 5.65 Å². The number of aryl methyl sites for hydroxylation is 3. The molecule has 0 saturated carbocycles. The predicted octanol–water partition coefficient (Wildman–Crippen LogP) is 3.80.